The molecule has 100 valence electrons. The van der Waals surface area contributed by atoms with Gasteiger partial charge in [0.2, 0.25) is 10.0 Å². The average molecular weight is 270 g/mol. The van der Waals surface area contributed by atoms with Gasteiger partial charge in [-0.1, -0.05) is 12.1 Å². The Kier molecular flexibility index (Phi) is 4.21. The number of sulfonamides is 1. The largest absolute Gasteiger partial charge is 0.377 e. The molecule has 2 rings (SSSR count). The molecule has 1 saturated heterocycles. The van der Waals surface area contributed by atoms with Crippen molar-refractivity contribution in [2.45, 2.75) is 25.5 Å². The van der Waals surface area contributed by atoms with E-state index < -0.39 is 10.0 Å². The molecule has 1 aromatic carbocycles. The predicted molar refractivity (Wildman–Crippen MR) is 70.7 cm³/mol. The highest BCUT2D eigenvalue weighted by molar-refractivity contribution is 7.92. The number of rotatable bonds is 5. The highest BCUT2D eigenvalue weighted by Crippen LogP contribution is 2.17. The Morgan fingerprint density at radius 2 is 2.28 bits per heavy atom. The van der Waals surface area contributed by atoms with Crippen molar-refractivity contribution in [3.05, 3.63) is 29.8 Å². The fourth-order valence-corrected chi connectivity index (χ4v) is 3.33. The van der Waals surface area contributed by atoms with Crippen molar-refractivity contribution in [2.24, 2.45) is 5.73 Å². The van der Waals surface area contributed by atoms with Crippen molar-refractivity contribution >= 4 is 15.7 Å². The van der Waals surface area contributed by atoms with E-state index in [9.17, 15) is 8.42 Å². The molecular weight excluding hydrogens is 252 g/mol. The van der Waals surface area contributed by atoms with Gasteiger partial charge in [-0.15, -0.1) is 0 Å². The standard InChI is InChI=1S/C12H18N2O3S/c13-8-10-3-1-4-11(7-10)14-18(15,16)9-12-5-2-6-17-12/h1,3-4,7,12,14H,2,5-6,8-9,13H2. The molecule has 0 aromatic heterocycles. The van der Waals surface area contributed by atoms with E-state index in [1.807, 2.05) is 6.07 Å². The van der Waals surface area contributed by atoms with Crippen LogP contribution in [0.25, 0.3) is 0 Å². The second kappa shape index (κ2) is 5.69. The number of nitrogens with two attached hydrogens (primary N) is 1. The lowest BCUT2D eigenvalue weighted by Crippen LogP contribution is -2.25. The van der Waals surface area contributed by atoms with Crippen LogP contribution < -0.4 is 10.5 Å². The minimum absolute atomic E-state index is 0.0137. The lowest BCUT2D eigenvalue weighted by atomic mass is 10.2. The van der Waals surface area contributed by atoms with Crippen molar-refractivity contribution in [3.63, 3.8) is 0 Å². The van der Waals surface area contributed by atoms with Gasteiger partial charge in [0.15, 0.2) is 0 Å². The predicted octanol–water partition coefficient (Wildman–Crippen LogP) is 1.07. The minimum atomic E-state index is -3.36. The minimum Gasteiger partial charge on any atom is -0.377 e. The molecule has 1 heterocycles. The van der Waals surface area contributed by atoms with Gasteiger partial charge < -0.3 is 10.5 Å². The van der Waals surface area contributed by atoms with Gasteiger partial charge in [-0.3, -0.25) is 4.72 Å². The Labute approximate surface area is 107 Å². The topological polar surface area (TPSA) is 81.4 Å². The van der Waals surface area contributed by atoms with Gasteiger partial charge in [0.05, 0.1) is 11.9 Å². The van der Waals surface area contributed by atoms with E-state index in [0.717, 1.165) is 18.4 Å². The molecule has 0 amide bonds. The van der Waals surface area contributed by atoms with E-state index in [1.165, 1.54) is 0 Å². The molecule has 1 atom stereocenters. The molecule has 1 unspecified atom stereocenters. The van der Waals surface area contributed by atoms with Crippen LogP contribution in [-0.2, 0) is 21.3 Å². The summed E-state index contributed by atoms with van der Waals surface area (Å²) in [6.45, 7) is 1.05. The molecule has 1 aliphatic heterocycles. The third-order valence-corrected chi connectivity index (χ3v) is 4.22. The van der Waals surface area contributed by atoms with Crippen LogP contribution in [-0.4, -0.2) is 26.9 Å². The van der Waals surface area contributed by atoms with E-state index in [-0.39, 0.29) is 11.9 Å². The number of hydrogen-bond donors (Lipinski definition) is 2. The number of benzene rings is 1. The normalized spacial score (nSPS) is 19.9. The second-order valence-corrected chi connectivity index (χ2v) is 6.19. The van der Waals surface area contributed by atoms with E-state index in [4.69, 9.17) is 10.5 Å². The van der Waals surface area contributed by atoms with Gasteiger partial charge in [0.25, 0.3) is 0 Å². The van der Waals surface area contributed by atoms with Crippen molar-refractivity contribution in [3.8, 4) is 0 Å². The molecule has 18 heavy (non-hydrogen) atoms. The zero-order valence-electron chi connectivity index (χ0n) is 10.1. The Balaban J connectivity index is 2.02. The summed E-state index contributed by atoms with van der Waals surface area (Å²) in [7, 11) is -3.36. The quantitative estimate of drug-likeness (QED) is 0.838. The molecule has 1 aliphatic rings. The van der Waals surface area contributed by atoms with E-state index >= 15 is 0 Å². The second-order valence-electron chi connectivity index (χ2n) is 4.42. The summed E-state index contributed by atoms with van der Waals surface area (Å²) in [4.78, 5) is 0. The van der Waals surface area contributed by atoms with E-state index in [2.05, 4.69) is 4.72 Å². The van der Waals surface area contributed by atoms with Crippen LogP contribution in [0.5, 0.6) is 0 Å². The lowest BCUT2D eigenvalue weighted by molar-refractivity contribution is 0.127. The maximum absolute atomic E-state index is 11.9. The van der Waals surface area contributed by atoms with Gasteiger partial charge >= 0.3 is 0 Å². The molecule has 6 heteroatoms. The molecule has 0 spiro atoms. The van der Waals surface area contributed by atoms with Gasteiger partial charge in [-0.2, -0.15) is 0 Å². The Morgan fingerprint density at radius 3 is 2.94 bits per heavy atom. The smallest absolute Gasteiger partial charge is 0.235 e. The number of anilines is 1. The molecular formula is C12H18N2O3S. The Hall–Kier alpha value is -1.11. The first-order chi connectivity index (χ1) is 8.59. The summed E-state index contributed by atoms with van der Waals surface area (Å²) in [6.07, 6.45) is 1.56. The number of ether oxygens (including phenoxy) is 1. The summed E-state index contributed by atoms with van der Waals surface area (Å²) >= 11 is 0. The fourth-order valence-electron chi connectivity index (χ4n) is 2.00. The van der Waals surface area contributed by atoms with Crippen LogP contribution in [0.15, 0.2) is 24.3 Å². The molecule has 0 bridgehead atoms. The van der Waals surface area contributed by atoms with E-state index in [1.54, 1.807) is 18.2 Å². The molecule has 3 N–H and O–H groups in total. The lowest BCUT2D eigenvalue weighted by Gasteiger charge is -2.12. The van der Waals surface area contributed by atoms with Gasteiger partial charge in [0, 0.05) is 18.8 Å². The molecule has 0 aliphatic carbocycles. The number of hydrogen-bond acceptors (Lipinski definition) is 4. The van der Waals surface area contributed by atoms with Crippen molar-refractivity contribution in [2.75, 3.05) is 17.1 Å². The monoisotopic (exact) mass is 270 g/mol. The molecule has 1 fully saturated rings. The highest BCUT2D eigenvalue weighted by atomic mass is 32.2. The van der Waals surface area contributed by atoms with E-state index in [0.29, 0.717) is 18.8 Å². The number of nitrogens with one attached hydrogen (secondary N) is 1. The first kappa shape index (κ1) is 13.3. The zero-order valence-corrected chi connectivity index (χ0v) is 10.9. The van der Waals surface area contributed by atoms with Crippen LogP contribution in [0.4, 0.5) is 5.69 Å². The van der Waals surface area contributed by atoms with Gasteiger partial charge in [-0.25, -0.2) is 8.42 Å². The van der Waals surface area contributed by atoms with Crippen LogP contribution in [0.3, 0.4) is 0 Å². The zero-order chi connectivity index (χ0) is 13.0. The summed E-state index contributed by atoms with van der Waals surface area (Å²) in [5.41, 5.74) is 6.96. The van der Waals surface area contributed by atoms with Crippen LogP contribution >= 0.6 is 0 Å². The van der Waals surface area contributed by atoms with Crippen LogP contribution in [0, 0.1) is 0 Å². The fraction of sp³-hybridized carbons (Fsp3) is 0.500. The first-order valence-corrected chi connectivity index (χ1v) is 7.65. The Morgan fingerprint density at radius 1 is 1.44 bits per heavy atom. The summed E-state index contributed by atoms with van der Waals surface area (Å²) < 4.78 is 31.8. The summed E-state index contributed by atoms with van der Waals surface area (Å²) in [6, 6.07) is 7.10. The SMILES string of the molecule is NCc1cccc(NS(=O)(=O)CC2CCCO2)c1. The third-order valence-electron chi connectivity index (χ3n) is 2.87. The summed E-state index contributed by atoms with van der Waals surface area (Å²) in [5, 5.41) is 0. The summed E-state index contributed by atoms with van der Waals surface area (Å²) in [5.74, 6) is 0.0137. The maximum atomic E-state index is 11.9. The molecule has 5 nitrogen and oxygen atoms in total. The third kappa shape index (κ3) is 3.69. The van der Waals surface area contributed by atoms with Crippen LogP contribution in [0.2, 0.25) is 0 Å². The van der Waals surface area contributed by atoms with Gasteiger partial charge in [-0.05, 0) is 30.5 Å². The molecule has 0 radical (unpaired) electrons. The highest BCUT2D eigenvalue weighted by Gasteiger charge is 2.23. The average Bonchev–Trinajstić information content (AvgIpc) is 2.80. The van der Waals surface area contributed by atoms with Crippen molar-refractivity contribution in [1.29, 1.82) is 0 Å². The first-order valence-electron chi connectivity index (χ1n) is 6.00. The molecule has 1 aromatic rings. The molecule has 0 saturated carbocycles. The van der Waals surface area contributed by atoms with Crippen molar-refractivity contribution < 1.29 is 13.2 Å². The van der Waals surface area contributed by atoms with Gasteiger partial charge in [0.1, 0.15) is 0 Å². The maximum Gasteiger partial charge on any atom is 0.235 e. The Bertz CT molecular complexity index is 496. The van der Waals surface area contributed by atoms with Crippen LogP contribution in [0.1, 0.15) is 18.4 Å². The van der Waals surface area contributed by atoms with Crippen molar-refractivity contribution in [1.82, 2.24) is 0 Å².